The lowest BCUT2D eigenvalue weighted by Crippen LogP contribution is -2.68. The van der Waals surface area contributed by atoms with Gasteiger partial charge in [-0.25, -0.2) is 0 Å². The summed E-state index contributed by atoms with van der Waals surface area (Å²) >= 11 is 0. The summed E-state index contributed by atoms with van der Waals surface area (Å²) in [7, 11) is -1.30. The van der Waals surface area contributed by atoms with E-state index < -0.39 is 38.0 Å². The van der Waals surface area contributed by atoms with Gasteiger partial charge >= 0.3 is 0 Å². The fourth-order valence-electron chi connectivity index (χ4n) is 5.18. The van der Waals surface area contributed by atoms with Gasteiger partial charge in [-0.05, 0) is 29.3 Å². The maximum Gasteiger partial charge on any atom is 0.261 e. The summed E-state index contributed by atoms with van der Waals surface area (Å²) in [5.74, 6) is -0.925. The summed E-state index contributed by atoms with van der Waals surface area (Å²) in [6.07, 6.45) is 0.849. The third-order valence-corrected chi connectivity index (χ3v) is 11.7. The van der Waals surface area contributed by atoms with Crippen molar-refractivity contribution in [2.45, 2.75) is 69.4 Å². The first-order chi connectivity index (χ1) is 16.5. The van der Waals surface area contributed by atoms with Crippen LogP contribution in [0.3, 0.4) is 0 Å². The van der Waals surface area contributed by atoms with Crippen LogP contribution < -0.4 is 10.4 Å². The van der Waals surface area contributed by atoms with E-state index in [4.69, 9.17) is 18.6 Å². The molecule has 5 nitrogen and oxygen atoms in total. The van der Waals surface area contributed by atoms with E-state index in [-0.39, 0.29) is 11.6 Å². The van der Waals surface area contributed by atoms with Gasteiger partial charge in [0.1, 0.15) is 23.9 Å². The minimum atomic E-state index is -2.84. The Balaban J connectivity index is 2.14. The molecule has 1 saturated heterocycles. The second-order valence-corrected chi connectivity index (χ2v) is 14.9. The van der Waals surface area contributed by atoms with Gasteiger partial charge in [0.15, 0.2) is 5.79 Å². The number of benzene rings is 2. The summed E-state index contributed by atoms with van der Waals surface area (Å²) in [6.45, 7) is 18.4. The van der Waals surface area contributed by atoms with Gasteiger partial charge in [-0.3, -0.25) is 0 Å². The molecule has 1 aliphatic rings. The van der Waals surface area contributed by atoms with Crippen molar-refractivity contribution < 1.29 is 23.7 Å². The quantitative estimate of drug-likeness (QED) is 0.395. The molecule has 1 fully saturated rings. The smallest absolute Gasteiger partial charge is 0.261 e. The average molecular weight is 497 g/mol. The SMILES string of the molecule is C=C[C@@H](O)[C@@H](OC)[C@@H]1OC(C)(C)O[C@@]1(C=C)CO[Si](c1ccccc1)(c1ccccc1)C(C)(C)C. The summed E-state index contributed by atoms with van der Waals surface area (Å²) in [4.78, 5) is 0. The van der Waals surface area contributed by atoms with Crippen LogP contribution >= 0.6 is 0 Å². The normalized spacial score (nSPS) is 24.0. The van der Waals surface area contributed by atoms with E-state index in [9.17, 15) is 5.11 Å². The molecule has 0 aliphatic carbocycles. The van der Waals surface area contributed by atoms with E-state index >= 15 is 0 Å². The second kappa shape index (κ2) is 10.5. The third kappa shape index (κ3) is 5.24. The molecule has 4 atom stereocenters. The minimum absolute atomic E-state index is 0.182. The molecule has 190 valence electrons. The van der Waals surface area contributed by atoms with Crippen molar-refractivity contribution in [2.75, 3.05) is 13.7 Å². The van der Waals surface area contributed by atoms with Crippen LogP contribution in [0.1, 0.15) is 34.6 Å². The summed E-state index contributed by atoms with van der Waals surface area (Å²) in [6, 6.07) is 20.9. The van der Waals surface area contributed by atoms with Gasteiger partial charge in [-0.15, -0.1) is 13.2 Å². The molecule has 0 radical (unpaired) electrons. The first kappa shape index (κ1) is 27.5. The van der Waals surface area contributed by atoms with Crippen molar-refractivity contribution in [3.05, 3.63) is 86.0 Å². The number of aliphatic hydroxyl groups is 1. The minimum Gasteiger partial charge on any atom is -0.404 e. The van der Waals surface area contributed by atoms with Crippen molar-refractivity contribution in [1.29, 1.82) is 0 Å². The maximum absolute atomic E-state index is 10.6. The van der Waals surface area contributed by atoms with E-state index in [0.717, 1.165) is 0 Å². The molecule has 35 heavy (non-hydrogen) atoms. The zero-order valence-corrected chi connectivity index (χ0v) is 22.9. The second-order valence-electron chi connectivity index (χ2n) is 10.6. The topological polar surface area (TPSA) is 57.2 Å². The van der Waals surface area contributed by atoms with Crippen LogP contribution in [0.2, 0.25) is 5.04 Å². The Kier molecular flexibility index (Phi) is 8.26. The van der Waals surface area contributed by atoms with Crippen LogP contribution in [0, 0.1) is 0 Å². The lowest BCUT2D eigenvalue weighted by atomic mass is 9.91. The largest absolute Gasteiger partial charge is 0.404 e. The molecule has 0 bridgehead atoms. The van der Waals surface area contributed by atoms with Crippen LogP contribution in [0.5, 0.6) is 0 Å². The summed E-state index contributed by atoms with van der Waals surface area (Å²) < 4.78 is 25.7. The monoisotopic (exact) mass is 496 g/mol. The van der Waals surface area contributed by atoms with Gasteiger partial charge in [0.2, 0.25) is 0 Å². The van der Waals surface area contributed by atoms with Crippen molar-refractivity contribution in [1.82, 2.24) is 0 Å². The molecule has 0 amide bonds. The standard InChI is InChI=1S/C29H40O5Si/c1-9-24(30)25(31-8)26-29(10-2,34-28(6,7)33-26)21-32-35(27(3,4)5,22-17-13-11-14-18-22)23-19-15-12-16-20-23/h9-20,24-26,30H,1-2,21H2,3-8H3/t24-,25-,26+,29+/m1/s1. The van der Waals surface area contributed by atoms with Crippen molar-refractivity contribution in [3.8, 4) is 0 Å². The first-order valence-electron chi connectivity index (χ1n) is 12.1. The molecule has 6 heteroatoms. The first-order valence-corrected chi connectivity index (χ1v) is 14.0. The molecule has 0 spiro atoms. The number of aliphatic hydroxyl groups excluding tert-OH is 1. The Morgan fingerprint density at radius 1 is 1.03 bits per heavy atom. The van der Waals surface area contributed by atoms with Crippen molar-refractivity contribution in [3.63, 3.8) is 0 Å². The van der Waals surface area contributed by atoms with Gasteiger partial charge in [0, 0.05) is 7.11 Å². The van der Waals surface area contributed by atoms with Gasteiger partial charge < -0.3 is 23.7 Å². The average Bonchev–Trinajstić information content (AvgIpc) is 3.11. The van der Waals surface area contributed by atoms with E-state index in [1.54, 1.807) is 13.2 Å². The highest BCUT2D eigenvalue weighted by atomic mass is 28.4. The highest BCUT2D eigenvalue weighted by Gasteiger charge is 2.58. The van der Waals surface area contributed by atoms with Gasteiger partial charge in [0.25, 0.3) is 8.32 Å². The van der Waals surface area contributed by atoms with Crippen molar-refractivity contribution in [2.24, 2.45) is 0 Å². The number of hydrogen-bond donors (Lipinski definition) is 1. The van der Waals surface area contributed by atoms with Crippen LogP contribution in [-0.2, 0) is 18.6 Å². The van der Waals surface area contributed by atoms with E-state index in [1.807, 2.05) is 26.0 Å². The zero-order chi connectivity index (χ0) is 25.9. The fourth-order valence-corrected chi connectivity index (χ4v) is 9.78. The lowest BCUT2D eigenvalue weighted by molar-refractivity contribution is -0.168. The number of ether oxygens (including phenoxy) is 3. The van der Waals surface area contributed by atoms with Gasteiger partial charge in [-0.2, -0.15) is 0 Å². The molecular formula is C29H40O5Si. The van der Waals surface area contributed by atoms with Gasteiger partial charge in [-0.1, -0.05) is 93.6 Å². The molecular weight excluding hydrogens is 456 g/mol. The van der Waals surface area contributed by atoms with Gasteiger partial charge in [0.05, 0.1) is 6.61 Å². The molecule has 1 aliphatic heterocycles. The highest BCUT2D eigenvalue weighted by Crippen LogP contribution is 2.43. The highest BCUT2D eigenvalue weighted by molar-refractivity contribution is 6.99. The van der Waals surface area contributed by atoms with E-state index in [0.29, 0.717) is 0 Å². The van der Waals surface area contributed by atoms with E-state index in [1.165, 1.54) is 16.4 Å². The van der Waals surface area contributed by atoms with Crippen LogP contribution in [0.4, 0.5) is 0 Å². The summed E-state index contributed by atoms with van der Waals surface area (Å²) in [5.41, 5.74) is -1.05. The summed E-state index contributed by atoms with van der Waals surface area (Å²) in [5, 5.41) is 12.8. The number of methoxy groups -OCH3 is 1. The molecule has 3 rings (SSSR count). The number of hydrogen-bond acceptors (Lipinski definition) is 5. The Morgan fingerprint density at radius 3 is 1.94 bits per heavy atom. The molecule has 0 saturated carbocycles. The van der Waals surface area contributed by atoms with Crippen LogP contribution in [-0.4, -0.2) is 56.8 Å². The Bertz CT molecular complexity index is 946. The molecule has 0 unspecified atom stereocenters. The molecule has 0 aromatic heterocycles. The zero-order valence-electron chi connectivity index (χ0n) is 21.9. The predicted octanol–water partition coefficient (Wildman–Crippen LogP) is 4.20. The fraction of sp³-hybridized carbons (Fsp3) is 0.448. The molecule has 1 N–H and O–H groups in total. The Morgan fingerprint density at radius 2 is 1.54 bits per heavy atom. The molecule has 1 heterocycles. The Labute approximate surface area is 211 Å². The van der Waals surface area contributed by atoms with Crippen LogP contribution in [0.25, 0.3) is 0 Å². The number of rotatable bonds is 10. The van der Waals surface area contributed by atoms with E-state index in [2.05, 4.69) is 82.5 Å². The molecule has 2 aromatic rings. The third-order valence-electron chi connectivity index (χ3n) is 6.75. The predicted molar refractivity (Wildman–Crippen MR) is 144 cm³/mol. The lowest BCUT2D eigenvalue weighted by Gasteiger charge is -2.45. The maximum atomic E-state index is 10.6. The van der Waals surface area contributed by atoms with Crippen molar-refractivity contribution >= 4 is 18.7 Å². The van der Waals surface area contributed by atoms with Crippen LogP contribution in [0.15, 0.2) is 86.0 Å². The molecule has 2 aromatic carbocycles. The Hall–Kier alpha value is -2.06.